The highest BCUT2D eigenvalue weighted by Crippen LogP contribution is 2.28. The molecule has 5 nitrogen and oxygen atoms in total. The van der Waals surface area contributed by atoms with Crippen molar-refractivity contribution in [3.05, 3.63) is 40.8 Å². The molecule has 1 heterocycles. The second-order valence-corrected chi connectivity index (χ2v) is 5.12. The average Bonchev–Trinajstić information content (AvgIpc) is 2.37. The second-order valence-electron chi connectivity index (χ2n) is 4.72. The third-order valence-corrected chi connectivity index (χ3v) is 2.98. The van der Waals surface area contributed by atoms with Gasteiger partial charge in [0.05, 0.1) is 16.1 Å². The van der Waals surface area contributed by atoms with Gasteiger partial charge in [-0.05, 0) is 26.0 Å². The quantitative estimate of drug-likeness (QED) is 0.913. The van der Waals surface area contributed by atoms with Gasteiger partial charge >= 0.3 is 0 Å². The minimum atomic E-state index is -0.554. The number of amides is 1. The number of aromatic nitrogens is 2. The Morgan fingerprint density at radius 2 is 2.14 bits per heavy atom. The van der Waals surface area contributed by atoms with Gasteiger partial charge in [-0.25, -0.2) is 14.4 Å². The Kier molecular flexibility index (Phi) is 4.37. The highest BCUT2D eigenvalue weighted by atomic mass is 35.5. The Labute approximate surface area is 126 Å². The first-order valence-electron chi connectivity index (χ1n) is 6.28. The molecule has 2 rings (SSSR count). The van der Waals surface area contributed by atoms with Crippen molar-refractivity contribution in [2.24, 2.45) is 0 Å². The zero-order valence-corrected chi connectivity index (χ0v) is 12.3. The molecule has 0 bridgehead atoms. The first-order valence-corrected chi connectivity index (χ1v) is 6.65. The van der Waals surface area contributed by atoms with Crippen LogP contribution in [0, 0.1) is 5.82 Å². The van der Waals surface area contributed by atoms with Crippen LogP contribution in [0.3, 0.4) is 0 Å². The smallest absolute Gasteiger partial charge is 0.256 e. The van der Waals surface area contributed by atoms with Gasteiger partial charge in [0.1, 0.15) is 11.6 Å². The number of benzene rings is 1. The van der Waals surface area contributed by atoms with Gasteiger partial charge in [0.15, 0.2) is 5.82 Å². The molecule has 0 aliphatic carbocycles. The van der Waals surface area contributed by atoms with E-state index in [9.17, 15) is 9.18 Å². The lowest BCUT2D eigenvalue weighted by atomic mass is 10.2. The second kappa shape index (κ2) is 6.05. The summed E-state index contributed by atoms with van der Waals surface area (Å²) in [5, 5.41) is 2.86. The van der Waals surface area contributed by atoms with E-state index < -0.39 is 5.82 Å². The highest BCUT2D eigenvalue weighted by Gasteiger charge is 2.17. The van der Waals surface area contributed by atoms with E-state index in [-0.39, 0.29) is 39.7 Å². The van der Waals surface area contributed by atoms with Crippen molar-refractivity contribution in [1.82, 2.24) is 15.3 Å². The topological polar surface area (TPSA) is 80.9 Å². The SMILES string of the molecule is CC(C)NC(=O)c1cnc(-c2c(F)cccc2Cl)nc1N. The fourth-order valence-electron chi connectivity index (χ4n) is 1.74. The van der Waals surface area contributed by atoms with E-state index in [0.29, 0.717) is 0 Å². The lowest BCUT2D eigenvalue weighted by Crippen LogP contribution is -2.31. The van der Waals surface area contributed by atoms with Crippen LogP contribution in [0.5, 0.6) is 0 Å². The molecule has 1 aromatic heterocycles. The van der Waals surface area contributed by atoms with E-state index in [1.54, 1.807) is 0 Å². The molecular formula is C14H14ClFN4O. The van der Waals surface area contributed by atoms with E-state index in [4.69, 9.17) is 17.3 Å². The van der Waals surface area contributed by atoms with Crippen LogP contribution in [0.2, 0.25) is 5.02 Å². The summed E-state index contributed by atoms with van der Waals surface area (Å²) in [6.45, 7) is 3.64. The molecule has 0 fully saturated rings. The molecule has 110 valence electrons. The van der Waals surface area contributed by atoms with Crippen LogP contribution < -0.4 is 11.1 Å². The standard InChI is InChI=1S/C14H14ClFN4O/c1-7(2)19-14(21)8-6-18-13(20-12(8)17)11-9(15)4-3-5-10(11)16/h3-7H,1-2H3,(H,19,21)(H2,17,18,20). The molecule has 0 aliphatic rings. The van der Waals surface area contributed by atoms with Crippen molar-refractivity contribution < 1.29 is 9.18 Å². The molecule has 0 atom stereocenters. The van der Waals surface area contributed by atoms with E-state index in [0.717, 1.165) is 0 Å². The van der Waals surface area contributed by atoms with Crippen molar-refractivity contribution in [1.29, 1.82) is 0 Å². The number of rotatable bonds is 3. The molecule has 0 saturated carbocycles. The molecule has 0 aliphatic heterocycles. The summed E-state index contributed by atoms with van der Waals surface area (Å²) in [4.78, 5) is 19.8. The molecule has 1 aromatic carbocycles. The Bertz CT molecular complexity index is 670. The summed E-state index contributed by atoms with van der Waals surface area (Å²) >= 11 is 5.95. The summed E-state index contributed by atoms with van der Waals surface area (Å²) in [5.41, 5.74) is 5.95. The van der Waals surface area contributed by atoms with Crippen LogP contribution in [0.1, 0.15) is 24.2 Å². The summed E-state index contributed by atoms with van der Waals surface area (Å²) in [6.07, 6.45) is 1.26. The summed E-state index contributed by atoms with van der Waals surface area (Å²) in [6, 6.07) is 4.21. The normalized spacial score (nSPS) is 10.7. The Balaban J connectivity index is 2.42. The number of anilines is 1. The number of hydrogen-bond acceptors (Lipinski definition) is 4. The van der Waals surface area contributed by atoms with Gasteiger partial charge in [0.2, 0.25) is 0 Å². The maximum absolute atomic E-state index is 13.8. The molecule has 2 aromatic rings. The summed E-state index contributed by atoms with van der Waals surface area (Å²) in [5.74, 6) is -0.927. The molecule has 0 spiro atoms. The molecule has 7 heteroatoms. The van der Waals surface area contributed by atoms with Crippen LogP contribution >= 0.6 is 11.6 Å². The molecule has 1 amide bonds. The van der Waals surface area contributed by atoms with Crippen LogP contribution in [-0.2, 0) is 0 Å². The van der Waals surface area contributed by atoms with Gasteiger partial charge < -0.3 is 11.1 Å². The minimum Gasteiger partial charge on any atom is -0.383 e. The fourth-order valence-corrected chi connectivity index (χ4v) is 1.99. The van der Waals surface area contributed by atoms with Crippen LogP contribution in [0.4, 0.5) is 10.2 Å². The fraction of sp³-hybridized carbons (Fsp3) is 0.214. The minimum absolute atomic E-state index is 0.0301. The monoisotopic (exact) mass is 308 g/mol. The van der Waals surface area contributed by atoms with Gasteiger partial charge in [-0.2, -0.15) is 0 Å². The molecule has 0 unspecified atom stereocenters. The van der Waals surface area contributed by atoms with Gasteiger partial charge in [0.25, 0.3) is 5.91 Å². The zero-order chi connectivity index (χ0) is 15.6. The largest absolute Gasteiger partial charge is 0.383 e. The first-order chi connectivity index (χ1) is 9.90. The number of halogens is 2. The number of carbonyl (C=O) groups excluding carboxylic acids is 1. The highest BCUT2D eigenvalue weighted by molar-refractivity contribution is 6.33. The number of nitrogen functional groups attached to an aromatic ring is 1. The lowest BCUT2D eigenvalue weighted by molar-refractivity contribution is 0.0943. The van der Waals surface area contributed by atoms with Gasteiger partial charge in [-0.3, -0.25) is 4.79 Å². The molecule has 0 radical (unpaired) electrons. The number of nitrogens with one attached hydrogen (secondary N) is 1. The lowest BCUT2D eigenvalue weighted by Gasteiger charge is -2.10. The van der Waals surface area contributed by atoms with Crippen molar-refractivity contribution >= 4 is 23.3 Å². The number of nitrogens with two attached hydrogens (primary N) is 1. The van der Waals surface area contributed by atoms with Crippen LogP contribution in [0.15, 0.2) is 24.4 Å². The number of hydrogen-bond donors (Lipinski definition) is 2. The predicted octanol–water partition coefficient (Wildman–Crippen LogP) is 2.66. The van der Waals surface area contributed by atoms with Gasteiger partial charge in [-0.1, -0.05) is 17.7 Å². The van der Waals surface area contributed by atoms with Gasteiger partial charge in [0, 0.05) is 12.2 Å². The van der Waals surface area contributed by atoms with Gasteiger partial charge in [-0.15, -0.1) is 0 Å². The van der Waals surface area contributed by atoms with Crippen molar-refractivity contribution in [2.45, 2.75) is 19.9 Å². The maximum atomic E-state index is 13.8. The van der Waals surface area contributed by atoms with E-state index in [1.807, 2.05) is 13.8 Å². The Morgan fingerprint density at radius 1 is 1.43 bits per heavy atom. The van der Waals surface area contributed by atoms with Crippen molar-refractivity contribution in [3.8, 4) is 11.4 Å². The molecule has 0 saturated heterocycles. The summed E-state index contributed by atoms with van der Waals surface area (Å²) in [7, 11) is 0. The summed E-state index contributed by atoms with van der Waals surface area (Å²) < 4.78 is 13.8. The molecular weight excluding hydrogens is 295 g/mol. The number of nitrogens with zero attached hydrogens (tertiary/aromatic N) is 2. The number of carbonyl (C=O) groups is 1. The third-order valence-electron chi connectivity index (χ3n) is 2.67. The Morgan fingerprint density at radius 3 is 2.71 bits per heavy atom. The average molecular weight is 309 g/mol. The van der Waals surface area contributed by atoms with E-state index in [2.05, 4.69) is 15.3 Å². The van der Waals surface area contributed by atoms with Crippen molar-refractivity contribution in [3.63, 3.8) is 0 Å². The van der Waals surface area contributed by atoms with Crippen molar-refractivity contribution in [2.75, 3.05) is 5.73 Å². The molecule has 3 N–H and O–H groups in total. The first kappa shape index (κ1) is 15.2. The predicted molar refractivity (Wildman–Crippen MR) is 79.5 cm³/mol. The third kappa shape index (κ3) is 3.28. The van der Waals surface area contributed by atoms with Crippen LogP contribution in [-0.4, -0.2) is 21.9 Å². The Hall–Kier alpha value is -2.21. The van der Waals surface area contributed by atoms with E-state index >= 15 is 0 Å². The maximum Gasteiger partial charge on any atom is 0.256 e. The molecule has 21 heavy (non-hydrogen) atoms. The van der Waals surface area contributed by atoms with E-state index in [1.165, 1.54) is 24.4 Å². The van der Waals surface area contributed by atoms with Crippen LogP contribution in [0.25, 0.3) is 11.4 Å². The zero-order valence-electron chi connectivity index (χ0n) is 11.5.